The van der Waals surface area contributed by atoms with Crippen molar-refractivity contribution in [2.75, 3.05) is 0 Å². The van der Waals surface area contributed by atoms with Crippen LogP contribution in [0.3, 0.4) is 0 Å². The molecule has 0 bridgehead atoms. The Morgan fingerprint density at radius 1 is 0.571 bits per heavy atom. The zero-order valence-corrected chi connectivity index (χ0v) is 14.9. The maximum Gasteiger partial charge on any atom is 0.247 e. The van der Waals surface area contributed by atoms with Gasteiger partial charge in [-0.2, -0.15) is 0 Å². The van der Waals surface area contributed by atoms with E-state index in [4.69, 9.17) is 4.98 Å². The van der Waals surface area contributed by atoms with Crippen molar-refractivity contribution in [1.29, 1.82) is 0 Å². The fourth-order valence-electron chi connectivity index (χ4n) is 4.00. The Balaban J connectivity index is 2.00. The van der Waals surface area contributed by atoms with E-state index >= 15 is 0 Å². The van der Waals surface area contributed by atoms with E-state index < -0.39 is 0 Å². The third-order valence-corrected chi connectivity index (χ3v) is 5.17. The molecular formula is C24H15N4+. The minimum Gasteiger partial charge on any atom is -0.254 e. The average Bonchev–Trinajstić information content (AvgIpc) is 2.78. The van der Waals surface area contributed by atoms with Crippen LogP contribution < -0.4 is 4.57 Å². The fraction of sp³-hybridized carbons (Fsp3) is 0. The lowest BCUT2D eigenvalue weighted by Gasteiger charge is -2.09. The Morgan fingerprint density at radius 2 is 1.25 bits per heavy atom. The molecule has 0 atom stereocenters. The Morgan fingerprint density at radius 3 is 2.07 bits per heavy atom. The Labute approximate surface area is 160 Å². The topological polar surface area (TPSA) is 42.5 Å². The van der Waals surface area contributed by atoms with E-state index in [0.29, 0.717) is 0 Å². The molecule has 0 aliphatic heterocycles. The summed E-state index contributed by atoms with van der Waals surface area (Å²) in [7, 11) is 0. The van der Waals surface area contributed by atoms with Gasteiger partial charge in [0.05, 0.1) is 10.9 Å². The van der Waals surface area contributed by atoms with E-state index in [2.05, 4.69) is 69.1 Å². The van der Waals surface area contributed by atoms with Gasteiger partial charge in [-0.15, -0.1) is 4.57 Å². The second kappa shape index (κ2) is 5.79. The van der Waals surface area contributed by atoms with Crippen LogP contribution in [-0.4, -0.2) is 15.0 Å². The van der Waals surface area contributed by atoms with Gasteiger partial charge in [-0.05, 0) is 30.3 Å². The molecule has 0 saturated carbocycles. The molecule has 4 heteroatoms. The molecule has 0 aliphatic carbocycles. The van der Waals surface area contributed by atoms with Gasteiger partial charge in [-0.1, -0.05) is 30.3 Å². The smallest absolute Gasteiger partial charge is 0.247 e. The number of hydrogen-bond acceptors (Lipinski definition) is 3. The molecule has 0 saturated heterocycles. The molecule has 6 rings (SSSR count). The van der Waals surface area contributed by atoms with E-state index in [0.717, 1.165) is 49.6 Å². The maximum atomic E-state index is 5.05. The van der Waals surface area contributed by atoms with Gasteiger partial charge in [-0.3, -0.25) is 9.97 Å². The highest BCUT2D eigenvalue weighted by molar-refractivity contribution is 6.20. The summed E-state index contributed by atoms with van der Waals surface area (Å²) in [5.41, 5.74) is 6.88. The highest BCUT2D eigenvalue weighted by Gasteiger charge is 2.24. The van der Waals surface area contributed by atoms with Crippen LogP contribution in [0.2, 0.25) is 0 Å². The van der Waals surface area contributed by atoms with Gasteiger partial charge < -0.3 is 0 Å². The molecule has 0 spiro atoms. The third kappa shape index (κ3) is 2.06. The number of hydrogen-bond donors (Lipinski definition) is 0. The maximum absolute atomic E-state index is 5.05. The SMILES string of the molecule is c1ccc(-[n+]2c3ccccc3nc3c4cccnc4c4ncccc4c32)cc1. The second-order valence-electron chi connectivity index (χ2n) is 6.77. The van der Waals surface area contributed by atoms with Crippen LogP contribution in [-0.2, 0) is 0 Å². The van der Waals surface area contributed by atoms with Crippen LogP contribution in [0.1, 0.15) is 0 Å². The second-order valence-corrected chi connectivity index (χ2v) is 6.77. The van der Waals surface area contributed by atoms with Gasteiger partial charge in [0, 0.05) is 36.0 Å². The number of pyridine rings is 2. The number of para-hydroxylation sites is 3. The highest BCUT2D eigenvalue weighted by Crippen LogP contribution is 2.31. The molecule has 3 heterocycles. The first-order chi connectivity index (χ1) is 13.9. The van der Waals surface area contributed by atoms with Gasteiger partial charge in [0.1, 0.15) is 16.6 Å². The summed E-state index contributed by atoms with van der Waals surface area (Å²) in [5, 5.41) is 2.06. The highest BCUT2D eigenvalue weighted by atomic mass is 15.0. The van der Waals surface area contributed by atoms with E-state index in [1.165, 1.54) is 0 Å². The normalized spacial score (nSPS) is 11.6. The minimum absolute atomic E-state index is 0.882. The summed E-state index contributed by atoms with van der Waals surface area (Å²) < 4.78 is 2.29. The van der Waals surface area contributed by atoms with Crippen molar-refractivity contribution in [1.82, 2.24) is 15.0 Å². The molecule has 6 aromatic rings. The first-order valence-corrected chi connectivity index (χ1v) is 9.23. The zero-order valence-electron chi connectivity index (χ0n) is 14.9. The van der Waals surface area contributed by atoms with Crippen molar-refractivity contribution in [2.45, 2.75) is 0 Å². The fourth-order valence-corrected chi connectivity index (χ4v) is 4.00. The van der Waals surface area contributed by atoms with E-state index in [9.17, 15) is 0 Å². The predicted octanol–water partition coefficient (Wildman–Crippen LogP) is 4.76. The van der Waals surface area contributed by atoms with Crippen molar-refractivity contribution in [2.24, 2.45) is 0 Å². The lowest BCUT2D eigenvalue weighted by Crippen LogP contribution is -2.33. The molecule has 130 valence electrons. The third-order valence-electron chi connectivity index (χ3n) is 5.17. The van der Waals surface area contributed by atoms with Crippen LogP contribution in [0.5, 0.6) is 0 Å². The van der Waals surface area contributed by atoms with Crippen molar-refractivity contribution in [3.05, 3.63) is 91.3 Å². The minimum atomic E-state index is 0.882. The van der Waals surface area contributed by atoms with Crippen LogP contribution in [0, 0.1) is 0 Å². The standard InChI is InChI=1S/C24H15N4/c1-2-8-16(9-3-1)28-20-13-5-4-12-19(20)27-23-17-10-6-14-25-21(17)22-18(24(23)28)11-7-15-26-22/h1-15H/q+1. The summed E-state index contributed by atoms with van der Waals surface area (Å²) in [4.78, 5) is 14.4. The molecular weight excluding hydrogens is 344 g/mol. The lowest BCUT2D eigenvalue weighted by atomic mass is 10.1. The van der Waals surface area contributed by atoms with Crippen molar-refractivity contribution in [3.63, 3.8) is 0 Å². The van der Waals surface area contributed by atoms with Crippen LogP contribution in [0.25, 0.3) is 49.6 Å². The molecule has 4 nitrogen and oxygen atoms in total. The number of rotatable bonds is 1. The molecule has 0 unspecified atom stereocenters. The zero-order chi connectivity index (χ0) is 18.5. The Hall–Kier alpha value is -3.92. The number of fused-ring (bicyclic) bond motifs is 7. The molecule has 28 heavy (non-hydrogen) atoms. The summed E-state index contributed by atoms with van der Waals surface area (Å²) in [6.45, 7) is 0. The van der Waals surface area contributed by atoms with E-state index in [1.807, 2.05) is 36.7 Å². The molecule has 0 aliphatic rings. The number of nitrogens with zero attached hydrogens (tertiary/aromatic N) is 4. The van der Waals surface area contributed by atoms with Crippen molar-refractivity contribution >= 4 is 43.9 Å². The van der Waals surface area contributed by atoms with E-state index in [-0.39, 0.29) is 0 Å². The quantitative estimate of drug-likeness (QED) is 0.241. The first-order valence-electron chi connectivity index (χ1n) is 9.23. The summed E-state index contributed by atoms with van der Waals surface area (Å²) in [6, 6.07) is 26.8. The molecule has 0 amide bonds. The summed E-state index contributed by atoms with van der Waals surface area (Å²) in [5.74, 6) is 0. The van der Waals surface area contributed by atoms with Crippen molar-refractivity contribution in [3.8, 4) is 5.69 Å². The van der Waals surface area contributed by atoms with Crippen LogP contribution >= 0.6 is 0 Å². The largest absolute Gasteiger partial charge is 0.254 e. The average molecular weight is 359 g/mol. The molecule has 0 radical (unpaired) electrons. The Kier molecular flexibility index (Phi) is 3.14. The van der Waals surface area contributed by atoms with Gasteiger partial charge >= 0.3 is 0 Å². The predicted molar refractivity (Wildman–Crippen MR) is 111 cm³/mol. The van der Waals surface area contributed by atoms with Gasteiger partial charge in [-0.25, -0.2) is 4.98 Å². The van der Waals surface area contributed by atoms with Gasteiger partial charge in [0.2, 0.25) is 16.7 Å². The Bertz CT molecular complexity index is 1510. The van der Waals surface area contributed by atoms with Crippen molar-refractivity contribution < 1.29 is 4.57 Å². The van der Waals surface area contributed by atoms with Crippen LogP contribution in [0.4, 0.5) is 0 Å². The lowest BCUT2D eigenvalue weighted by molar-refractivity contribution is -0.537. The van der Waals surface area contributed by atoms with Gasteiger partial charge in [0.15, 0.2) is 0 Å². The molecule has 0 fully saturated rings. The van der Waals surface area contributed by atoms with Crippen LogP contribution in [0.15, 0.2) is 91.3 Å². The summed E-state index contributed by atoms with van der Waals surface area (Å²) in [6.07, 6.45) is 3.64. The van der Waals surface area contributed by atoms with Gasteiger partial charge in [0.25, 0.3) is 0 Å². The number of benzene rings is 3. The number of aromatic nitrogens is 4. The summed E-state index contributed by atoms with van der Waals surface area (Å²) >= 11 is 0. The molecule has 3 aromatic heterocycles. The molecule has 0 N–H and O–H groups in total. The monoisotopic (exact) mass is 359 g/mol. The first kappa shape index (κ1) is 15.2. The van der Waals surface area contributed by atoms with E-state index in [1.54, 1.807) is 0 Å². The molecule has 3 aromatic carbocycles.